The average Bonchev–Trinajstić information content (AvgIpc) is 2.06. The van der Waals surface area contributed by atoms with Crippen LogP contribution in [0.1, 0.15) is 12.5 Å². The van der Waals surface area contributed by atoms with Crippen molar-refractivity contribution in [2.24, 2.45) is 5.73 Å². The van der Waals surface area contributed by atoms with Crippen molar-refractivity contribution in [3.05, 3.63) is 35.9 Å². The maximum absolute atomic E-state index is 6.00. The normalized spacial score (nSPS) is 15.9. The first-order valence-corrected chi connectivity index (χ1v) is 4.79. The molecule has 1 aromatic rings. The Balaban J connectivity index is 2.93. The molecule has 0 fully saturated rings. The van der Waals surface area contributed by atoms with Gasteiger partial charge in [0.05, 0.1) is 4.87 Å². The molecule has 1 aromatic carbocycles. The van der Waals surface area contributed by atoms with Gasteiger partial charge >= 0.3 is 0 Å². The fraction of sp³-hybridized carbons (Fsp3) is 0.333. The lowest BCUT2D eigenvalue weighted by Gasteiger charge is -2.22. The van der Waals surface area contributed by atoms with Crippen LogP contribution in [0.15, 0.2) is 30.3 Å². The standard InChI is InChI=1S/C9H13NS/c1-9(10,11-2)8-6-4-3-5-7-8/h3-7H,10H2,1-2H3/t9-/m1/s1. The first kappa shape index (κ1) is 8.62. The van der Waals surface area contributed by atoms with Crippen LogP contribution >= 0.6 is 11.8 Å². The highest BCUT2D eigenvalue weighted by molar-refractivity contribution is 7.99. The highest BCUT2D eigenvalue weighted by Gasteiger charge is 2.17. The minimum absolute atomic E-state index is 0.249. The lowest BCUT2D eigenvalue weighted by Crippen LogP contribution is -2.28. The number of nitrogens with two attached hydrogens (primary N) is 1. The van der Waals surface area contributed by atoms with E-state index in [9.17, 15) is 0 Å². The molecule has 0 bridgehead atoms. The van der Waals surface area contributed by atoms with Crippen LogP contribution in [0.5, 0.6) is 0 Å². The third kappa shape index (κ3) is 1.98. The quantitative estimate of drug-likeness (QED) is 0.683. The van der Waals surface area contributed by atoms with Crippen molar-refractivity contribution in [2.45, 2.75) is 11.8 Å². The van der Waals surface area contributed by atoms with E-state index in [1.165, 1.54) is 5.56 Å². The highest BCUT2D eigenvalue weighted by atomic mass is 32.2. The minimum atomic E-state index is -0.249. The first-order valence-electron chi connectivity index (χ1n) is 3.56. The van der Waals surface area contributed by atoms with Crippen molar-refractivity contribution < 1.29 is 0 Å². The maximum Gasteiger partial charge on any atom is 0.0845 e. The van der Waals surface area contributed by atoms with Gasteiger partial charge in [0.1, 0.15) is 0 Å². The molecule has 0 saturated carbocycles. The SMILES string of the molecule is CS[C@@](C)(N)c1ccccc1. The van der Waals surface area contributed by atoms with Gasteiger partial charge in [-0.25, -0.2) is 0 Å². The molecule has 0 radical (unpaired) electrons. The maximum atomic E-state index is 6.00. The van der Waals surface area contributed by atoms with Crippen molar-refractivity contribution in [2.75, 3.05) is 6.26 Å². The number of thioether (sulfide) groups is 1. The molecule has 1 nitrogen and oxygen atoms in total. The number of benzene rings is 1. The molecule has 11 heavy (non-hydrogen) atoms. The van der Waals surface area contributed by atoms with E-state index in [0.717, 1.165) is 0 Å². The van der Waals surface area contributed by atoms with E-state index in [-0.39, 0.29) is 4.87 Å². The van der Waals surface area contributed by atoms with Crippen LogP contribution in [0, 0.1) is 0 Å². The van der Waals surface area contributed by atoms with Crippen molar-refractivity contribution in [1.29, 1.82) is 0 Å². The van der Waals surface area contributed by atoms with Gasteiger partial charge in [0, 0.05) is 0 Å². The van der Waals surface area contributed by atoms with Crippen LogP contribution in [0.2, 0.25) is 0 Å². The third-order valence-electron chi connectivity index (χ3n) is 1.77. The van der Waals surface area contributed by atoms with Gasteiger partial charge in [-0.3, -0.25) is 0 Å². The van der Waals surface area contributed by atoms with Crippen LogP contribution in [0.25, 0.3) is 0 Å². The van der Waals surface area contributed by atoms with Crippen molar-refractivity contribution in [3.8, 4) is 0 Å². The first-order chi connectivity index (χ1) is 5.17. The van der Waals surface area contributed by atoms with Gasteiger partial charge in [-0.2, -0.15) is 0 Å². The monoisotopic (exact) mass is 167 g/mol. The van der Waals surface area contributed by atoms with E-state index in [1.807, 2.05) is 31.4 Å². The third-order valence-corrected chi connectivity index (χ3v) is 2.85. The van der Waals surface area contributed by atoms with Gasteiger partial charge in [0.25, 0.3) is 0 Å². The smallest absolute Gasteiger partial charge is 0.0845 e. The zero-order valence-electron chi connectivity index (χ0n) is 6.87. The van der Waals surface area contributed by atoms with Crippen LogP contribution in [-0.2, 0) is 4.87 Å². The van der Waals surface area contributed by atoms with Gasteiger partial charge < -0.3 is 5.73 Å². The summed E-state index contributed by atoms with van der Waals surface area (Å²) in [6.45, 7) is 2.02. The summed E-state index contributed by atoms with van der Waals surface area (Å²) in [4.78, 5) is -0.249. The lowest BCUT2D eigenvalue weighted by molar-refractivity contribution is 0.740. The fourth-order valence-electron chi connectivity index (χ4n) is 0.887. The minimum Gasteiger partial charge on any atom is -0.313 e. The Hall–Kier alpha value is -0.470. The molecule has 0 aliphatic carbocycles. The molecule has 1 rings (SSSR count). The number of hydrogen-bond donors (Lipinski definition) is 1. The molecule has 0 heterocycles. The zero-order valence-corrected chi connectivity index (χ0v) is 7.69. The molecule has 60 valence electrons. The Morgan fingerprint density at radius 1 is 1.27 bits per heavy atom. The Kier molecular flexibility index (Phi) is 2.58. The average molecular weight is 167 g/mol. The molecule has 0 aliphatic rings. The Morgan fingerprint density at radius 2 is 1.82 bits per heavy atom. The van der Waals surface area contributed by atoms with Crippen molar-refractivity contribution in [1.82, 2.24) is 0 Å². The second-order valence-electron chi connectivity index (χ2n) is 2.68. The molecular formula is C9H13NS. The van der Waals surface area contributed by atoms with Gasteiger partial charge in [-0.15, -0.1) is 11.8 Å². The molecule has 0 spiro atoms. The van der Waals surface area contributed by atoms with Gasteiger partial charge in [0.2, 0.25) is 0 Å². The lowest BCUT2D eigenvalue weighted by atomic mass is 10.1. The molecule has 0 aromatic heterocycles. The Morgan fingerprint density at radius 3 is 2.27 bits per heavy atom. The summed E-state index contributed by atoms with van der Waals surface area (Å²) in [5, 5.41) is 0. The van der Waals surface area contributed by atoms with Crippen molar-refractivity contribution >= 4 is 11.8 Å². The van der Waals surface area contributed by atoms with E-state index < -0.39 is 0 Å². The van der Waals surface area contributed by atoms with E-state index in [4.69, 9.17) is 5.73 Å². The molecule has 0 aliphatic heterocycles. The summed E-state index contributed by atoms with van der Waals surface area (Å²) in [7, 11) is 0. The van der Waals surface area contributed by atoms with E-state index in [2.05, 4.69) is 12.1 Å². The summed E-state index contributed by atoms with van der Waals surface area (Å²) >= 11 is 1.66. The van der Waals surface area contributed by atoms with Gasteiger partial charge in [-0.1, -0.05) is 30.3 Å². The molecule has 0 amide bonds. The predicted octanol–water partition coefficient (Wildman–Crippen LogP) is 2.18. The summed E-state index contributed by atoms with van der Waals surface area (Å²) in [6.07, 6.45) is 2.02. The largest absolute Gasteiger partial charge is 0.313 e. The number of rotatable bonds is 2. The molecule has 1 atom stereocenters. The molecule has 2 heteroatoms. The van der Waals surface area contributed by atoms with Crippen LogP contribution in [0.3, 0.4) is 0 Å². The zero-order chi connectivity index (χ0) is 8.32. The van der Waals surface area contributed by atoms with Crippen molar-refractivity contribution in [3.63, 3.8) is 0 Å². The van der Waals surface area contributed by atoms with Gasteiger partial charge in [-0.05, 0) is 18.7 Å². The molecular weight excluding hydrogens is 154 g/mol. The van der Waals surface area contributed by atoms with E-state index >= 15 is 0 Å². The fourth-order valence-corrected chi connectivity index (χ4v) is 1.26. The van der Waals surface area contributed by atoms with Gasteiger partial charge in [0.15, 0.2) is 0 Å². The van der Waals surface area contributed by atoms with E-state index in [1.54, 1.807) is 11.8 Å². The van der Waals surface area contributed by atoms with Crippen LogP contribution in [-0.4, -0.2) is 6.26 Å². The molecule has 0 saturated heterocycles. The summed E-state index contributed by atoms with van der Waals surface area (Å²) in [6, 6.07) is 10.1. The Bertz CT molecular complexity index is 218. The van der Waals surface area contributed by atoms with Crippen LogP contribution < -0.4 is 5.73 Å². The molecule has 0 unspecified atom stereocenters. The second kappa shape index (κ2) is 3.28. The Labute approximate surface area is 72.0 Å². The summed E-state index contributed by atoms with van der Waals surface area (Å²) < 4.78 is 0. The summed E-state index contributed by atoms with van der Waals surface area (Å²) in [5.74, 6) is 0. The second-order valence-corrected chi connectivity index (χ2v) is 3.93. The predicted molar refractivity (Wildman–Crippen MR) is 51.5 cm³/mol. The highest BCUT2D eigenvalue weighted by Crippen LogP contribution is 2.27. The van der Waals surface area contributed by atoms with E-state index in [0.29, 0.717) is 0 Å². The van der Waals surface area contributed by atoms with Crippen LogP contribution in [0.4, 0.5) is 0 Å². The summed E-state index contributed by atoms with van der Waals surface area (Å²) in [5.41, 5.74) is 7.17. The molecule has 2 N–H and O–H groups in total. The number of hydrogen-bond acceptors (Lipinski definition) is 2. The topological polar surface area (TPSA) is 26.0 Å².